The standard InChI is InChI=1S/C18H19N3O5S/c1-12(22)11-21(19-10-13-6-5-8-15(26-2)17(13)23)18-14-7-3-4-9-16(14)27(24,25)20-18/h3-10,12,22-23H,11H2,1-2H3/b19-10+. The zero-order chi connectivity index (χ0) is 19.6. The molecule has 27 heavy (non-hydrogen) atoms. The van der Waals surface area contributed by atoms with Gasteiger partial charge in [-0.15, -0.1) is 4.40 Å². The molecular formula is C18H19N3O5S. The largest absolute Gasteiger partial charge is 0.504 e. The molecule has 0 aromatic heterocycles. The van der Waals surface area contributed by atoms with Crippen LogP contribution in [0.4, 0.5) is 0 Å². The molecule has 3 rings (SSSR count). The Morgan fingerprint density at radius 1 is 1.26 bits per heavy atom. The van der Waals surface area contributed by atoms with Crippen LogP contribution < -0.4 is 4.74 Å². The summed E-state index contributed by atoms with van der Waals surface area (Å²) in [7, 11) is -2.38. The number of amidine groups is 1. The summed E-state index contributed by atoms with van der Waals surface area (Å²) in [5, 5.41) is 25.5. The third-order valence-electron chi connectivity index (χ3n) is 3.88. The van der Waals surface area contributed by atoms with Crippen LogP contribution in [0.3, 0.4) is 0 Å². The van der Waals surface area contributed by atoms with E-state index in [1.807, 2.05) is 0 Å². The Kier molecular flexibility index (Phi) is 5.15. The van der Waals surface area contributed by atoms with Crippen molar-refractivity contribution in [1.82, 2.24) is 5.01 Å². The molecule has 142 valence electrons. The summed E-state index contributed by atoms with van der Waals surface area (Å²) < 4.78 is 33.4. The van der Waals surface area contributed by atoms with Crippen LogP contribution in [-0.4, -0.2) is 55.4 Å². The van der Waals surface area contributed by atoms with Gasteiger partial charge in [-0.3, -0.25) is 0 Å². The van der Waals surface area contributed by atoms with Gasteiger partial charge in [-0.2, -0.15) is 13.5 Å². The first-order valence-corrected chi connectivity index (χ1v) is 9.57. The fraction of sp³-hybridized carbons (Fsp3) is 0.222. The Bertz CT molecular complexity index is 1020. The zero-order valence-electron chi connectivity index (χ0n) is 14.8. The average Bonchev–Trinajstić information content (AvgIpc) is 2.91. The molecule has 0 fully saturated rings. The number of hydrazone groups is 1. The van der Waals surface area contributed by atoms with Crippen LogP contribution in [0.5, 0.6) is 11.5 Å². The molecule has 0 radical (unpaired) electrons. The highest BCUT2D eigenvalue weighted by molar-refractivity contribution is 7.90. The number of para-hydroxylation sites is 1. The Labute approximate surface area is 157 Å². The molecule has 0 saturated carbocycles. The van der Waals surface area contributed by atoms with Gasteiger partial charge in [-0.1, -0.05) is 18.2 Å². The molecule has 0 aliphatic carbocycles. The molecular weight excluding hydrogens is 370 g/mol. The second-order valence-electron chi connectivity index (χ2n) is 5.96. The number of phenols is 1. The average molecular weight is 389 g/mol. The smallest absolute Gasteiger partial charge is 0.285 e. The van der Waals surface area contributed by atoms with Crippen LogP contribution in [0.2, 0.25) is 0 Å². The second-order valence-corrected chi connectivity index (χ2v) is 7.53. The van der Waals surface area contributed by atoms with Gasteiger partial charge in [0, 0.05) is 11.1 Å². The molecule has 0 saturated heterocycles. The number of hydrogen-bond acceptors (Lipinski definition) is 7. The lowest BCUT2D eigenvalue weighted by Gasteiger charge is -2.20. The van der Waals surface area contributed by atoms with Crippen LogP contribution in [0.15, 0.2) is 56.9 Å². The predicted molar refractivity (Wildman–Crippen MR) is 101 cm³/mol. The number of nitrogens with zero attached hydrogens (tertiary/aromatic N) is 3. The van der Waals surface area contributed by atoms with Gasteiger partial charge in [0.25, 0.3) is 10.0 Å². The first-order chi connectivity index (χ1) is 12.8. The molecule has 2 aromatic rings. The first kappa shape index (κ1) is 18.9. The number of rotatable bonds is 5. The molecule has 0 amide bonds. The van der Waals surface area contributed by atoms with Crippen LogP contribution in [-0.2, 0) is 10.0 Å². The lowest BCUT2D eigenvalue weighted by molar-refractivity contribution is 0.161. The number of sulfonamides is 1. The molecule has 8 nitrogen and oxygen atoms in total. The third kappa shape index (κ3) is 3.79. The minimum absolute atomic E-state index is 0.0178. The molecule has 2 aromatic carbocycles. The quantitative estimate of drug-likeness (QED) is 0.593. The maximum Gasteiger partial charge on any atom is 0.285 e. The number of fused-ring (bicyclic) bond motifs is 1. The monoisotopic (exact) mass is 389 g/mol. The van der Waals surface area contributed by atoms with Crippen molar-refractivity contribution >= 4 is 22.1 Å². The Hall–Kier alpha value is -2.91. The Morgan fingerprint density at radius 2 is 2.00 bits per heavy atom. The van der Waals surface area contributed by atoms with Crippen LogP contribution >= 0.6 is 0 Å². The fourth-order valence-corrected chi connectivity index (χ4v) is 3.86. The number of aromatic hydroxyl groups is 1. The Balaban J connectivity index is 2.02. The molecule has 1 aliphatic rings. The number of phenolic OH excluding ortho intramolecular Hbond substituents is 1. The van der Waals surface area contributed by atoms with Gasteiger partial charge in [-0.25, -0.2) is 5.01 Å². The van der Waals surface area contributed by atoms with E-state index in [1.165, 1.54) is 24.4 Å². The Morgan fingerprint density at radius 3 is 2.70 bits per heavy atom. The van der Waals surface area contributed by atoms with E-state index in [0.717, 1.165) is 0 Å². The second kappa shape index (κ2) is 7.37. The van der Waals surface area contributed by atoms with Gasteiger partial charge in [0.05, 0.1) is 26.0 Å². The van der Waals surface area contributed by atoms with E-state index in [0.29, 0.717) is 11.1 Å². The summed E-state index contributed by atoms with van der Waals surface area (Å²) in [4.78, 5) is 0.0926. The van der Waals surface area contributed by atoms with E-state index >= 15 is 0 Å². The third-order valence-corrected chi connectivity index (χ3v) is 5.21. The number of hydrogen-bond donors (Lipinski definition) is 2. The molecule has 1 atom stereocenters. The molecule has 9 heteroatoms. The van der Waals surface area contributed by atoms with Gasteiger partial charge in [-0.05, 0) is 31.2 Å². The van der Waals surface area contributed by atoms with Gasteiger partial charge >= 0.3 is 0 Å². The molecule has 1 heterocycles. The molecule has 0 bridgehead atoms. The highest BCUT2D eigenvalue weighted by Gasteiger charge is 2.32. The lowest BCUT2D eigenvalue weighted by atomic mass is 10.2. The number of ether oxygens (including phenoxy) is 1. The molecule has 2 N–H and O–H groups in total. The fourth-order valence-electron chi connectivity index (χ4n) is 2.65. The summed E-state index contributed by atoms with van der Waals surface area (Å²) >= 11 is 0. The van der Waals surface area contributed by atoms with Gasteiger partial charge < -0.3 is 14.9 Å². The lowest BCUT2D eigenvalue weighted by Crippen LogP contribution is -2.32. The normalized spacial score (nSPS) is 16.0. The molecule has 0 spiro atoms. The van der Waals surface area contributed by atoms with Crippen molar-refractivity contribution in [2.75, 3.05) is 13.7 Å². The minimum Gasteiger partial charge on any atom is -0.504 e. The number of aliphatic hydroxyl groups excluding tert-OH is 1. The van der Waals surface area contributed by atoms with E-state index in [4.69, 9.17) is 4.74 Å². The highest BCUT2D eigenvalue weighted by atomic mass is 32.2. The van der Waals surface area contributed by atoms with Gasteiger partial charge in [0.1, 0.15) is 4.90 Å². The molecule has 1 aliphatic heterocycles. The van der Waals surface area contributed by atoms with Crippen molar-refractivity contribution in [3.05, 3.63) is 53.6 Å². The maximum atomic E-state index is 12.3. The summed E-state index contributed by atoms with van der Waals surface area (Å²) in [6.45, 7) is 1.57. The van der Waals surface area contributed by atoms with Gasteiger partial charge in [0.2, 0.25) is 0 Å². The molecule has 1 unspecified atom stereocenters. The summed E-state index contributed by atoms with van der Waals surface area (Å²) in [6, 6.07) is 11.3. The van der Waals surface area contributed by atoms with Crippen LogP contribution in [0.25, 0.3) is 0 Å². The van der Waals surface area contributed by atoms with Crippen molar-refractivity contribution in [3.8, 4) is 11.5 Å². The van der Waals surface area contributed by atoms with E-state index in [9.17, 15) is 18.6 Å². The zero-order valence-corrected chi connectivity index (χ0v) is 15.6. The van der Waals surface area contributed by atoms with E-state index in [1.54, 1.807) is 43.3 Å². The van der Waals surface area contributed by atoms with E-state index in [2.05, 4.69) is 9.50 Å². The van der Waals surface area contributed by atoms with Gasteiger partial charge in [0.15, 0.2) is 17.3 Å². The topological polar surface area (TPSA) is 112 Å². The SMILES string of the molecule is COc1cccc(/C=N/N(CC(C)O)C2=NS(=O)(=O)c3ccccc32)c1O. The number of aliphatic hydroxyl groups is 1. The summed E-state index contributed by atoms with van der Waals surface area (Å²) in [5.41, 5.74) is 0.782. The van der Waals surface area contributed by atoms with Crippen LogP contribution in [0, 0.1) is 0 Å². The van der Waals surface area contributed by atoms with Crippen molar-refractivity contribution < 1.29 is 23.4 Å². The summed E-state index contributed by atoms with van der Waals surface area (Å²) in [6.07, 6.45) is 0.565. The van der Waals surface area contributed by atoms with Crippen molar-refractivity contribution in [2.24, 2.45) is 9.50 Å². The summed E-state index contributed by atoms with van der Waals surface area (Å²) in [5.74, 6) is 0.305. The predicted octanol–water partition coefficient (Wildman–Crippen LogP) is 1.57. The first-order valence-electron chi connectivity index (χ1n) is 8.13. The maximum absolute atomic E-state index is 12.3. The van der Waals surface area contributed by atoms with E-state index in [-0.39, 0.29) is 28.8 Å². The number of methoxy groups -OCH3 is 1. The van der Waals surface area contributed by atoms with Crippen molar-refractivity contribution in [2.45, 2.75) is 17.9 Å². The minimum atomic E-state index is -3.82. The van der Waals surface area contributed by atoms with Crippen LogP contribution in [0.1, 0.15) is 18.1 Å². The number of benzene rings is 2. The van der Waals surface area contributed by atoms with Crippen molar-refractivity contribution in [3.63, 3.8) is 0 Å². The van der Waals surface area contributed by atoms with E-state index < -0.39 is 16.1 Å². The highest BCUT2D eigenvalue weighted by Crippen LogP contribution is 2.29. The van der Waals surface area contributed by atoms with Crippen molar-refractivity contribution in [1.29, 1.82) is 0 Å².